The van der Waals surface area contributed by atoms with Gasteiger partial charge in [0.25, 0.3) is 0 Å². The highest BCUT2D eigenvalue weighted by molar-refractivity contribution is 5.90. The molecule has 22 heavy (non-hydrogen) atoms. The van der Waals surface area contributed by atoms with Crippen molar-refractivity contribution in [1.29, 1.82) is 0 Å². The first kappa shape index (κ1) is 14.4. The van der Waals surface area contributed by atoms with E-state index in [0.717, 1.165) is 35.4 Å². The third-order valence-electron chi connectivity index (χ3n) is 3.62. The van der Waals surface area contributed by atoms with E-state index in [0.29, 0.717) is 11.5 Å². The van der Waals surface area contributed by atoms with Gasteiger partial charge in [0.1, 0.15) is 5.69 Å². The number of rotatable bonds is 2. The smallest absolute Gasteiger partial charge is 0.222 e. The van der Waals surface area contributed by atoms with E-state index < -0.39 is 0 Å². The zero-order chi connectivity index (χ0) is 15.7. The number of nitrogens with zero attached hydrogens (tertiary/aromatic N) is 2. The van der Waals surface area contributed by atoms with Crippen LogP contribution in [-0.2, 0) is 17.6 Å². The van der Waals surface area contributed by atoms with Gasteiger partial charge in [0.05, 0.1) is 11.4 Å². The zero-order valence-corrected chi connectivity index (χ0v) is 13.1. The maximum atomic E-state index is 11.4. The van der Waals surface area contributed by atoms with E-state index in [2.05, 4.69) is 28.5 Å². The highest BCUT2D eigenvalue weighted by Crippen LogP contribution is 2.32. The van der Waals surface area contributed by atoms with Gasteiger partial charge in [-0.2, -0.15) is 0 Å². The molecule has 4 heteroatoms. The van der Waals surface area contributed by atoms with Crippen molar-refractivity contribution in [2.75, 3.05) is 5.32 Å². The number of benzene rings is 1. The van der Waals surface area contributed by atoms with Crippen molar-refractivity contribution in [2.24, 2.45) is 0 Å². The molecule has 0 unspecified atom stereocenters. The highest BCUT2D eigenvalue weighted by atomic mass is 16.1. The molecule has 1 heterocycles. The number of aryl methyl sites for hydroxylation is 2. The van der Waals surface area contributed by atoms with E-state index in [4.69, 9.17) is 4.98 Å². The molecule has 0 spiro atoms. The van der Waals surface area contributed by atoms with Crippen molar-refractivity contribution in [2.45, 2.75) is 33.6 Å². The average Bonchev–Trinajstić information content (AvgIpc) is 2.47. The third kappa shape index (κ3) is 2.77. The molecular weight excluding hydrogens is 274 g/mol. The fourth-order valence-electron chi connectivity index (χ4n) is 2.73. The maximum absolute atomic E-state index is 11.4. The lowest BCUT2D eigenvalue weighted by molar-refractivity contribution is -0.114. The molecule has 2 aromatic rings. The van der Waals surface area contributed by atoms with Gasteiger partial charge in [0.15, 0.2) is 5.82 Å². The van der Waals surface area contributed by atoms with Gasteiger partial charge >= 0.3 is 0 Å². The number of hydrogen-bond donors (Lipinski definition) is 1. The summed E-state index contributed by atoms with van der Waals surface area (Å²) in [4.78, 5) is 20.9. The van der Waals surface area contributed by atoms with Gasteiger partial charge in [-0.05, 0) is 38.3 Å². The van der Waals surface area contributed by atoms with Gasteiger partial charge in [-0.15, -0.1) is 0 Å². The van der Waals surface area contributed by atoms with Crippen LogP contribution < -0.4 is 5.32 Å². The summed E-state index contributed by atoms with van der Waals surface area (Å²) in [5.41, 5.74) is 6.17. The van der Waals surface area contributed by atoms with Crippen LogP contribution in [0.1, 0.15) is 37.7 Å². The first-order chi connectivity index (χ1) is 10.5. The average molecular weight is 293 g/mol. The molecular formula is C18H19N3O. The van der Waals surface area contributed by atoms with Gasteiger partial charge in [0, 0.05) is 12.5 Å². The molecule has 0 saturated carbocycles. The SMILES string of the molecule is CC(=O)Nc1nc2c(nc1C=C(C)C)-c1ccccc1CC2. The minimum absolute atomic E-state index is 0.131. The Morgan fingerprint density at radius 3 is 2.64 bits per heavy atom. The molecule has 0 saturated heterocycles. The number of nitrogens with one attached hydrogen (secondary N) is 1. The van der Waals surface area contributed by atoms with Crippen molar-refractivity contribution in [3.8, 4) is 11.3 Å². The second-order valence-electron chi connectivity index (χ2n) is 5.81. The Bertz CT molecular complexity index is 774. The highest BCUT2D eigenvalue weighted by Gasteiger charge is 2.21. The quantitative estimate of drug-likeness (QED) is 0.920. The predicted molar refractivity (Wildman–Crippen MR) is 88.5 cm³/mol. The summed E-state index contributed by atoms with van der Waals surface area (Å²) in [7, 11) is 0. The summed E-state index contributed by atoms with van der Waals surface area (Å²) >= 11 is 0. The first-order valence-electron chi connectivity index (χ1n) is 7.46. The van der Waals surface area contributed by atoms with Crippen LogP contribution in [0.4, 0.5) is 5.82 Å². The molecule has 3 rings (SSSR count). The zero-order valence-electron chi connectivity index (χ0n) is 13.1. The Balaban J connectivity index is 2.19. The molecule has 1 aliphatic carbocycles. The summed E-state index contributed by atoms with van der Waals surface area (Å²) in [5, 5.41) is 2.80. The molecule has 0 aliphatic heterocycles. The largest absolute Gasteiger partial charge is 0.309 e. The number of anilines is 1. The van der Waals surface area contributed by atoms with E-state index in [1.54, 1.807) is 0 Å². The minimum Gasteiger partial charge on any atom is -0.309 e. The molecule has 0 atom stereocenters. The number of carbonyl (C=O) groups is 1. The van der Waals surface area contributed by atoms with Crippen LogP contribution in [0.25, 0.3) is 17.3 Å². The molecule has 1 aliphatic rings. The standard InChI is InChI=1S/C18H19N3O/c1-11(2)10-16-18(19-12(3)22)21-15-9-8-13-6-4-5-7-14(13)17(15)20-16/h4-7,10H,8-9H2,1-3H3,(H,19,21,22). The number of hydrogen-bond acceptors (Lipinski definition) is 3. The van der Waals surface area contributed by atoms with Crippen LogP contribution in [0, 0.1) is 0 Å². The molecule has 1 aromatic heterocycles. The topological polar surface area (TPSA) is 54.9 Å². The van der Waals surface area contributed by atoms with Crippen molar-refractivity contribution in [3.63, 3.8) is 0 Å². The fraction of sp³-hybridized carbons (Fsp3) is 0.278. The lowest BCUT2D eigenvalue weighted by atomic mass is 9.92. The minimum atomic E-state index is -0.131. The van der Waals surface area contributed by atoms with Crippen molar-refractivity contribution in [1.82, 2.24) is 9.97 Å². The monoisotopic (exact) mass is 293 g/mol. The Morgan fingerprint density at radius 2 is 1.91 bits per heavy atom. The van der Waals surface area contributed by atoms with Crippen LogP contribution >= 0.6 is 0 Å². The molecule has 0 fully saturated rings. The predicted octanol–water partition coefficient (Wildman–Crippen LogP) is 3.62. The van der Waals surface area contributed by atoms with E-state index >= 15 is 0 Å². The van der Waals surface area contributed by atoms with E-state index in [9.17, 15) is 4.79 Å². The molecule has 112 valence electrons. The summed E-state index contributed by atoms with van der Waals surface area (Å²) < 4.78 is 0. The second kappa shape index (κ2) is 5.72. The Hall–Kier alpha value is -2.49. The van der Waals surface area contributed by atoms with Crippen LogP contribution in [-0.4, -0.2) is 15.9 Å². The number of aromatic nitrogens is 2. The lowest BCUT2D eigenvalue weighted by Gasteiger charge is -2.20. The van der Waals surface area contributed by atoms with Crippen molar-refractivity contribution >= 4 is 17.8 Å². The Labute approximate surface area is 130 Å². The van der Waals surface area contributed by atoms with Gasteiger partial charge in [-0.3, -0.25) is 4.79 Å². The van der Waals surface area contributed by atoms with Crippen LogP contribution in [0.15, 0.2) is 29.8 Å². The molecule has 1 amide bonds. The van der Waals surface area contributed by atoms with Crippen LogP contribution in [0.5, 0.6) is 0 Å². The summed E-state index contributed by atoms with van der Waals surface area (Å²) in [6, 6.07) is 8.31. The molecule has 1 N–H and O–H groups in total. The van der Waals surface area contributed by atoms with Crippen molar-refractivity contribution in [3.05, 3.63) is 46.8 Å². The van der Waals surface area contributed by atoms with E-state index in [1.165, 1.54) is 12.5 Å². The fourth-order valence-corrected chi connectivity index (χ4v) is 2.73. The normalized spacial score (nSPS) is 12.1. The maximum Gasteiger partial charge on any atom is 0.222 e. The first-order valence-corrected chi connectivity index (χ1v) is 7.46. The summed E-state index contributed by atoms with van der Waals surface area (Å²) in [6.07, 6.45) is 3.76. The van der Waals surface area contributed by atoms with E-state index in [1.807, 2.05) is 26.0 Å². The molecule has 1 aromatic carbocycles. The number of amides is 1. The van der Waals surface area contributed by atoms with Gasteiger partial charge in [0.2, 0.25) is 5.91 Å². The van der Waals surface area contributed by atoms with Crippen LogP contribution in [0.2, 0.25) is 0 Å². The van der Waals surface area contributed by atoms with Gasteiger partial charge in [-0.25, -0.2) is 9.97 Å². The van der Waals surface area contributed by atoms with Crippen LogP contribution in [0.3, 0.4) is 0 Å². The summed E-state index contributed by atoms with van der Waals surface area (Å²) in [6.45, 7) is 5.50. The second-order valence-corrected chi connectivity index (χ2v) is 5.81. The number of allylic oxidation sites excluding steroid dienone is 1. The Morgan fingerprint density at radius 1 is 1.14 bits per heavy atom. The van der Waals surface area contributed by atoms with Crippen molar-refractivity contribution < 1.29 is 4.79 Å². The molecule has 0 radical (unpaired) electrons. The molecule has 4 nitrogen and oxygen atoms in total. The molecule has 0 bridgehead atoms. The lowest BCUT2D eigenvalue weighted by Crippen LogP contribution is -2.15. The van der Waals surface area contributed by atoms with Gasteiger partial charge < -0.3 is 5.32 Å². The third-order valence-corrected chi connectivity index (χ3v) is 3.62. The summed E-state index contributed by atoms with van der Waals surface area (Å²) in [5.74, 6) is 0.417. The van der Waals surface area contributed by atoms with Gasteiger partial charge in [-0.1, -0.05) is 29.8 Å². The number of carbonyl (C=O) groups excluding carboxylic acids is 1. The van der Waals surface area contributed by atoms with E-state index in [-0.39, 0.29) is 5.91 Å². The number of fused-ring (bicyclic) bond motifs is 3. The Kier molecular flexibility index (Phi) is 3.75.